The standard InChI is InChI=1S/C7H15N5O4/c8-6(15)10-3-1-2-4(5(13)14)11-12-7(9)16/h4,11H,1-3H2,(H,13,14)(H3,8,10,15)(H3,9,12,16)/t4-/m0/s1. The van der Waals surface area contributed by atoms with Crippen molar-refractivity contribution in [3.63, 3.8) is 0 Å². The molecule has 0 aliphatic heterocycles. The molecule has 0 aromatic carbocycles. The third-order valence-electron chi connectivity index (χ3n) is 1.64. The van der Waals surface area contributed by atoms with Crippen LogP contribution in [0.5, 0.6) is 0 Å². The topological polar surface area (TPSA) is 160 Å². The maximum absolute atomic E-state index is 10.7. The Morgan fingerprint density at radius 3 is 2.25 bits per heavy atom. The molecule has 4 amide bonds. The van der Waals surface area contributed by atoms with Crippen molar-refractivity contribution in [2.45, 2.75) is 18.9 Å². The summed E-state index contributed by atoms with van der Waals surface area (Å²) in [7, 11) is 0. The summed E-state index contributed by atoms with van der Waals surface area (Å²) in [6.07, 6.45) is 0.600. The Morgan fingerprint density at radius 1 is 1.19 bits per heavy atom. The van der Waals surface area contributed by atoms with Gasteiger partial charge in [-0.15, -0.1) is 0 Å². The first-order chi connectivity index (χ1) is 7.43. The van der Waals surface area contributed by atoms with E-state index in [0.29, 0.717) is 6.42 Å². The lowest BCUT2D eigenvalue weighted by molar-refractivity contribution is -0.139. The van der Waals surface area contributed by atoms with Gasteiger partial charge in [-0.05, 0) is 12.8 Å². The zero-order chi connectivity index (χ0) is 12.6. The Balaban J connectivity index is 3.81. The molecule has 1 atom stereocenters. The van der Waals surface area contributed by atoms with Gasteiger partial charge in [0.2, 0.25) is 0 Å². The van der Waals surface area contributed by atoms with E-state index in [0.717, 1.165) is 0 Å². The SMILES string of the molecule is NC(=O)NCCC[C@H](NNC(N)=O)C(=O)O. The number of carbonyl (C=O) groups excluding carboxylic acids is 2. The van der Waals surface area contributed by atoms with Gasteiger partial charge in [0.25, 0.3) is 0 Å². The normalized spacial score (nSPS) is 11.5. The molecular weight excluding hydrogens is 218 g/mol. The lowest BCUT2D eigenvalue weighted by Gasteiger charge is -2.13. The second kappa shape index (κ2) is 7.29. The monoisotopic (exact) mass is 233 g/mol. The number of hydrogen-bond donors (Lipinski definition) is 6. The van der Waals surface area contributed by atoms with E-state index in [1.807, 2.05) is 5.43 Å². The molecule has 0 rings (SSSR count). The first-order valence-corrected chi connectivity index (χ1v) is 4.50. The predicted octanol–water partition coefficient (Wildman–Crippen LogP) is -1.94. The molecule has 0 aromatic rings. The van der Waals surface area contributed by atoms with Crippen molar-refractivity contribution >= 4 is 18.0 Å². The number of aliphatic carboxylic acids is 1. The molecule has 0 heterocycles. The summed E-state index contributed by atoms with van der Waals surface area (Å²) >= 11 is 0. The molecule has 9 heteroatoms. The summed E-state index contributed by atoms with van der Waals surface area (Å²) in [4.78, 5) is 31.3. The zero-order valence-corrected chi connectivity index (χ0v) is 8.53. The molecule has 0 bridgehead atoms. The number of urea groups is 2. The molecule has 0 unspecified atom stereocenters. The number of carboxylic acid groups (broad SMARTS) is 1. The van der Waals surface area contributed by atoms with Crippen LogP contribution in [-0.4, -0.2) is 35.7 Å². The van der Waals surface area contributed by atoms with Crippen molar-refractivity contribution in [1.82, 2.24) is 16.2 Å². The van der Waals surface area contributed by atoms with Crippen LogP contribution in [0.25, 0.3) is 0 Å². The van der Waals surface area contributed by atoms with Gasteiger partial charge >= 0.3 is 18.0 Å². The fraction of sp³-hybridized carbons (Fsp3) is 0.571. The lowest BCUT2D eigenvalue weighted by atomic mass is 10.1. The van der Waals surface area contributed by atoms with E-state index < -0.39 is 24.1 Å². The van der Waals surface area contributed by atoms with Crippen LogP contribution in [-0.2, 0) is 4.79 Å². The van der Waals surface area contributed by atoms with E-state index in [-0.39, 0.29) is 13.0 Å². The van der Waals surface area contributed by atoms with Crippen LogP contribution in [0.3, 0.4) is 0 Å². The first-order valence-electron chi connectivity index (χ1n) is 4.50. The van der Waals surface area contributed by atoms with Crippen molar-refractivity contribution in [2.24, 2.45) is 11.5 Å². The number of hydrogen-bond acceptors (Lipinski definition) is 4. The maximum atomic E-state index is 10.7. The van der Waals surface area contributed by atoms with E-state index in [2.05, 4.69) is 10.7 Å². The van der Waals surface area contributed by atoms with Gasteiger partial charge in [-0.25, -0.2) is 15.0 Å². The van der Waals surface area contributed by atoms with E-state index in [9.17, 15) is 14.4 Å². The fourth-order valence-electron chi connectivity index (χ4n) is 0.933. The number of primary amides is 2. The second-order valence-corrected chi connectivity index (χ2v) is 2.96. The van der Waals surface area contributed by atoms with Crippen LogP contribution < -0.4 is 27.6 Å². The van der Waals surface area contributed by atoms with E-state index in [1.165, 1.54) is 0 Å². The molecule has 0 spiro atoms. The first kappa shape index (κ1) is 14.0. The molecule has 0 fully saturated rings. The van der Waals surface area contributed by atoms with Crippen LogP contribution in [0.2, 0.25) is 0 Å². The zero-order valence-electron chi connectivity index (χ0n) is 8.53. The van der Waals surface area contributed by atoms with Gasteiger partial charge in [0.15, 0.2) is 0 Å². The van der Waals surface area contributed by atoms with Gasteiger partial charge in [0.1, 0.15) is 6.04 Å². The third-order valence-corrected chi connectivity index (χ3v) is 1.64. The molecule has 16 heavy (non-hydrogen) atoms. The number of carboxylic acids is 1. The highest BCUT2D eigenvalue weighted by Crippen LogP contribution is 1.95. The fourth-order valence-corrected chi connectivity index (χ4v) is 0.933. The Kier molecular flexibility index (Phi) is 6.36. The number of carbonyl (C=O) groups is 3. The van der Waals surface area contributed by atoms with Crippen LogP contribution in [0.4, 0.5) is 9.59 Å². The summed E-state index contributed by atoms with van der Waals surface area (Å²) in [6, 6.07) is -2.52. The summed E-state index contributed by atoms with van der Waals surface area (Å²) in [6.45, 7) is 0.261. The van der Waals surface area contributed by atoms with Crippen LogP contribution in [0, 0.1) is 0 Å². The van der Waals surface area contributed by atoms with E-state index in [4.69, 9.17) is 16.6 Å². The number of nitrogens with one attached hydrogen (secondary N) is 3. The minimum absolute atomic E-state index is 0.204. The smallest absolute Gasteiger partial charge is 0.326 e. The van der Waals surface area contributed by atoms with Gasteiger partial charge in [-0.1, -0.05) is 0 Å². The van der Waals surface area contributed by atoms with Crippen molar-refractivity contribution in [2.75, 3.05) is 6.54 Å². The number of nitrogens with two attached hydrogens (primary N) is 2. The van der Waals surface area contributed by atoms with E-state index in [1.54, 1.807) is 0 Å². The lowest BCUT2D eigenvalue weighted by Crippen LogP contribution is -2.50. The number of hydrazine groups is 1. The second-order valence-electron chi connectivity index (χ2n) is 2.96. The minimum atomic E-state index is -1.13. The van der Waals surface area contributed by atoms with E-state index >= 15 is 0 Å². The van der Waals surface area contributed by atoms with Crippen LogP contribution in [0.1, 0.15) is 12.8 Å². The molecule has 8 N–H and O–H groups in total. The highest BCUT2D eigenvalue weighted by molar-refractivity contribution is 5.75. The summed E-state index contributed by atoms with van der Waals surface area (Å²) < 4.78 is 0. The quantitative estimate of drug-likeness (QED) is 0.222. The van der Waals surface area contributed by atoms with Gasteiger partial charge in [0.05, 0.1) is 0 Å². The molecule has 92 valence electrons. The predicted molar refractivity (Wildman–Crippen MR) is 54.1 cm³/mol. The summed E-state index contributed by atoms with van der Waals surface area (Å²) in [5, 5.41) is 11.0. The molecule has 0 saturated heterocycles. The minimum Gasteiger partial charge on any atom is -0.480 e. The maximum Gasteiger partial charge on any atom is 0.326 e. The highest BCUT2D eigenvalue weighted by atomic mass is 16.4. The molecule has 9 nitrogen and oxygen atoms in total. The molecule has 0 aliphatic carbocycles. The average molecular weight is 233 g/mol. The largest absolute Gasteiger partial charge is 0.480 e. The molecule has 0 radical (unpaired) electrons. The Bertz CT molecular complexity index is 270. The number of amides is 4. The molecule has 0 aromatic heterocycles. The highest BCUT2D eigenvalue weighted by Gasteiger charge is 2.16. The molecule has 0 aliphatic rings. The Hall–Kier alpha value is -2.03. The van der Waals surface area contributed by atoms with Crippen molar-refractivity contribution in [1.29, 1.82) is 0 Å². The van der Waals surface area contributed by atoms with Gasteiger partial charge < -0.3 is 21.9 Å². The van der Waals surface area contributed by atoms with Crippen LogP contribution in [0.15, 0.2) is 0 Å². The summed E-state index contributed by atoms with van der Waals surface area (Å²) in [5.41, 5.74) is 13.8. The Morgan fingerprint density at radius 2 is 1.81 bits per heavy atom. The van der Waals surface area contributed by atoms with Crippen molar-refractivity contribution in [3.05, 3.63) is 0 Å². The molecular formula is C7H15N5O4. The Labute approximate surface area is 91.5 Å². The molecule has 0 saturated carbocycles. The van der Waals surface area contributed by atoms with Gasteiger partial charge in [0, 0.05) is 6.54 Å². The van der Waals surface area contributed by atoms with Crippen molar-refractivity contribution in [3.8, 4) is 0 Å². The van der Waals surface area contributed by atoms with Gasteiger partial charge in [-0.3, -0.25) is 10.2 Å². The average Bonchev–Trinajstić information content (AvgIpc) is 2.15. The third kappa shape index (κ3) is 7.38. The summed E-state index contributed by atoms with van der Waals surface area (Å²) in [5.74, 6) is -1.13. The number of rotatable bonds is 7. The van der Waals surface area contributed by atoms with Gasteiger partial charge in [-0.2, -0.15) is 0 Å². The van der Waals surface area contributed by atoms with Crippen molar-refractivity contribution < 1.29 is 19.5 Å². The van der Waals surface area contributed by atoms with Crippen LogP contribution >= 0.6 is 0 Å².